The van der Waals surface area contributed by atoms with Crippen molar-refractivity contribution in [3.05, 3.63) is 26.7 Å². The number of benzene rings is 1. The smallest absolute Gasteiger partial charge is 0.409 e. The van der Waals surface area contributed by atoms with E-state index < -0.39 is 0 Å². The minimum atomic E-state index is -0.265. The molecule has 104 valence electrons. The van der Waals surface area contributed by atoms with Crippen molar-refractivity contribution in [2.24, 2.45) is 0 Å². The summed E-state index contributed by atoms with van der Waals surface area (Å²) in [5, 5.41) is 0.593. The number of hydrogen-bond acceptors (Lipinski definition) is 3. The summed E-state index contributed by atoms with van der Waals surface area (Å²) in [4.78, 5) is 13.5. The van der Waals surface area contributed by atoms with Crippen LogP contribution in [0.3, 0.4) is 0 Å². The average molecular weight is 348 g/mol. The van der Waals surface area contributed by atoms with Gasteiger partial charge in [0, 0.05) is 17.6 Å². The summed E-state index contributed by atoms with van der Waals surface area (Å²) in [6.45, 7) is 3.44. The zero-order chi connectivity index (χ0) is 14.0. The molecule has 1 amide bonds. The summed E-state index contributed by atoms with van der Waals surface area (Å²) in [6, 6.07) is 1.99. The highest BCUT2D eigenvalue weighted by molar-refractivity contribution is 9.10. The van der Waals surface area contributed by atoms with Gasteiger partial charge in [-0.2, -0.15) is 0 Å². The predicted octanol–water partition coefficient (Wildman–Crippen LogP) is 3.24. The lowest BCUT2D eigenvalue weighted by Crippen LogP contribution is -2.33. The van der Waals surface area contributed by atoms with Gasteiger partial charge >= 0.3 is 6.09 Å². The molecule has 0 bridgehead atoms. The standard InChI is InChI=1S/C13H16BrClN2O2/c1-2-19-13(18)17-5-3-8-7-10(14)12(16)11(15)9(8)4-6-17/h7H,2-6,16H2,1H3. The monoisotopic (exact) mass is 346 g/mol. The molecule has 0 aliphatic carbocycles. The molecule has 2 rings (SSSR count). The Bertz CT molecular complexity index is 508. The minimum Gasteiger partial charge on any atom is -0.450 e. The fraction of sp³-hybridized carbons (Fsp3) is 0.462. The van der Waals surface area contributed by atoms with Crippen LogP contribution in [0.4, 0.5) is 10.5 Å². The van der Waals surface area contributed by atoms with Gasteiger partial charge in [-0.05, 0) is 52.9 Å². The molecule has 0 saturated heterocycles. The zero-order valence-electron chi connectivity index (χ0n) is 10.7. The van der Waals surface area contributed by atoms with Gasteiger partial charge in [0.2, 0.25) is 0 Å². The maximum atomic E-state index is 11.8. The van der Waals surface area contributed by atoms with Gasteiger partial charge in [0.25, 0.3) is 0 Å². The Morgan fingerprint density at radius 3 is 2.89 bits per heavy atom. The molecule has 19 heavy (non-hydrogen) atoms. The van der Waals surface area contributed by atoms with Crippen LogP contribution in [0.5, 0.6) is 0 Å². The zero-order valence-corrected chi connectivity index (χ0v) is 13.1. The summed E-state index contributed by atoms with van der Waals surface area (Å²) < 4.78 is 5.84. The van der Waals surface area contributed by atoms with Crippen LogP contribution >= 0.6 is 27.5 Å². The van der Waals surface area contributed by atoms with Crippen LogP contribution in [0.2, 0.25) is 5.02 Å². The van der Waals surface area contributed by atoms with E-state index in [9.17, 15) is 4.79 Å². The van der Waals surface area contributed by atoms with Gasteiger partial charge in [-0.1, -0.05) is 11.6 Å². The van der Waals surface area contributed by atoms with E-state index in [1.807, 2.05) is 6.07 Å². The van der Waals surface area contributed by atoms with Crippen LogP contribution in [-0.4, -0.2) is 30.7 Å². The summed E-state index contributed by atoms with van der Waals surface area (Å²) in [5.41, 5.74) is 8.65. The Morgan fingerprint density at radius 1 is 1.53 bits per heavy atom. The second-order valence-electron chi connectivity index (χ2n) is 4.41. The number of nitrogen functional groups attached to an aromatic ring is 1. The molecule has 1 aromatic carbocycles. The third kappa shape index (κ3) is 2.98. The first kappa shape index (κ1) is 14.5. The molecule has 0 saturated carbocycles. The lowest BCUT2D eigenvalue weighted by atomic mass is 10.0. The Hall–Kier alpha value is -0.940. The summed E-state index contributed by atoms with van der Waals surface area (Å²) in [7, 11) is 0. The molecule has 4 nitrogen and oxygen atoms in total. The van der Waals surface area contributed by atoms with Crippen LogP contribution < -0.4 is 5.73 Å². The number of carbonyl (C=O) groups is 1. The largest absolute Gasteiger partial charge is 0.450 e. The van der Waals surface area contributed by atoms with Gasteiger partial charge in [0.1, 0.15) is 0 Å². The van der Waals surface area contributed by atoms with Gasteiger partial charge in [-0.3, -0.25) is 0 Å². The summed E-state index contributed by atoms with van der Waals surface area (Å²) in [6.07, 6.45) is 1.19. The number of fused-ring (bicyclic) bond motifs is 1. The lowest BCUT2D eigenvalue weighted by Gasteiger charge is -2.18. The third-order valence-corrected chi connectivity index (χ3v) is 4.34. The molecular weight excluding hydrogens is 332 g/mol. The lowest BCUT2D eigenvalue weighted by molar-refractivity contribution is 0.109. The Labute approximate surface area is 126 Å². The number of rotatable bonds is 1. The van der Waals surface area contributed by atoms with E-state index in [0.29, 0.717) is 36.8 Å². The molecule has 1 aliphatic heterocycles. The molecule has 1 aliphatic rings. The van der Waals surface area contributed by atoms with E-state index >= 15 is 0 Å². The molecule has 6 heteroatoms. The number of halogens is 2. The number of amides is 1. The molecule has 0 atom stereocenters. The van der Waals surface area contributed by atoms with E-state index in [4.69, 9.17) is 22.1 Å². The highest BCUT2D eigenvalue weighted by atomic mass is 79.9. The average Bonchev–Trinajstić information content (AvgIpc) is 2.59. The molecule has 0 aromatic heterocycles. The van der Waals surface area contributed by atoms with Gasteiger partial charge in [0.05, 0.1) is 17.3 Å². The Kier molecular flexibility index (Phi) is 4.58. The number of anilines is 1. The fourth-order valence-electron chi connectivity index (χ4n) is 2.23. The first-order valence-electron chi connectivity index (χ1n) is 6.21. The van der Waals surface area contributed by atoms with Gasteiger partial charge in [-0.25, -0.2) is 4.79 Å². The predicted molar refractivity (Wildman–Crippen MR) is 79.6 cm³/mol. The Morgan fingerprint density at radius 2 is 2.21 bits per heavy atom. The van der Waals surface area contributed by atoms with Gasteiger partial charge < -0.3 is 15.4 Å². The molecule has 0 fully saturated rings. The van der Waals surface area contributed by atoms with Gasteiger partial charge in [-0.15, -0.1) is 0 Å². The number of carbonyl (C=O) groups excluding carboxylic acids is 1. The van der Waals surface area contributed by atoms with Gasteiger partial charge in [0.15, 0.2) is 0 Å². The molecule has 0 spiro atoms. The molecule has 0 unspecified atom stereocenters. The van der Waals surface area contributed by atoms with E-state index in [0.717, 1.165) is 22.0 Å². The number of nitrogens with two attached hydrogens (primary N) is 1. The van der Waals surface area contributed by atoms with Crippen LogP contribution in [-0.2, 0) is 17.6 Å². The van der Waals surface area contributed by atoms with Crippen molar-refractivity contribution < 1.29 is 9.53 Å². The quantitative estimate of drug-likeness (QED) is 0.793. The van der Waals surface area contributed by atoms with Crippen molar-refractivity contribution in [3.63, 3.8) is 0 Å². The van der Waals surface area contributed by atoms with E-state index in [-0.39, 0.29) is 6.09 Å². The normalized spacial score (nSPS) is 14.8. The van der Waals surface area contributed by atoms with Crippen LogP contribution in [0.25, 0.3) is 0 Å². The number of hydrogen-bond donors (Lipinski definition) is 1. The number of nitrogens with zero attached hydrogens (tertiary/aromatic N) is 1. The maximum Gasteiger partial charge on any atom is 0.409 e. The Balaban J connectivity index is 2.23. The summed E-state index contributed by atoms with van der Waals surface area (Å²) >= 11 is 9.69. The topological polar surface area (TPSA) is 55.6 Å². The van der Waals surface area contributed by atoms with E-state index in [1.54, 1.807) is 11.8 Å². The second-order valence-corrected chi connectivity index (χ2v) is 5.64. The molecule has 0 radical (unpaired) electrons. The molecular formula is C13H16BrClN2O2. The van der Waals surface area contributed by atoms with Crippen LogP contribution in [0.15, 0.2) is 10.5 Å². The highest BCUT2D eigenvalue weighted by Gasteiger charge is 2.22. The van der Waals surface area contributed by atoms with Crippen molar-refractivity contribution in [2.45, 2.75) is 19.8 Å². The van der Waals surface area contributed by atoms with Crippen molar-refractivity contribution >= 4 is 39.3 Å². The first-order chi connectivity index (χ1) is 9.04. The first-order valence-corrected chi connectivity index (χ1v) is 7.38. The minimum absolute atomic E-state index is 0.265. The maximum absolute atomic E-state index is 11.8. The number of ether oxygens (including phenoxy) is 1. The van der Waals surface area contributed by atoms with Crippen molar-refractivity contribution in [1.82, 2.24) is 4.90 Å². The molecule has 1 heterocycles. The van der Waals surface area contributed by atoms with Crippen molar-refractivity contribution in [1.29, 1.82) is 0 Å². The highest BCUT2D eigenvalue weighted by Crippen LogP contribution is 2.35. The SMILES string of the molecule is CCOC(=O)N1CCc2cc(Br)c(N)c(Cl)c2CC1. The fourth-order valence-corrected chi connectivity index (χ4v) is 3.14. The van der Waals surface area contributed by atoms with Crippen molar-refractivity contribution in [2.75, 3.05) is 25.4 Å². The third-order valence-electron chi connectivity index (χ3n) is 3.26. The summed E-state index contributed by atoms with van der Waals surface area (Å²) in [5.74, 6) is 0. The second kappa shape index (κ2) is 6.01. The van der Waals surface area contributed by atoms with Crippen LogP contribution in [0, 0.1) is 0 Å². The van der Waals surface area contributed by atoms with Crippen LogP contribution in [0.1, 0.15) is 18.1 Å². The van der Waals surface area contributed by atoms with Crippen molar-refractivity contribution in [3.8, 4) is 0 Å². The van der Waals surface area contributed by atoms with E-state index in [2.05, 4.69) is 15.9 Å². The van der Waals surface area contributed by atoms with E-state index in [1.165, 1.54) is 0 Å². The molecule has 2 N–H and O–H groups in total. The molecule has 1 aromatic rings.